The maximum Gasteiger partial charge on any atom is 0.135 e. The van der Waals surface area contributed by atoms with E-state index in [1.807, 2.05) is 0 Å². The molecule has 1 aromatic carbocycles. The highest BCUT2D eigenvalue weighted by Gasteiger charge is 2.17. The van der Waals surface area contributed by atoms with Crippen molar-refractivity contribution in [3.05, 3.63) is 27.9 Å². The molecule has 0 aliphatic heterocycles. The molecule has 0 amide bonds. The van der Waals surface area contributed by atoms with E-state index in [4.69, 9.17) is 0 Å². The highest BCUT2D eigenvalue weighted by Crippen LogP contribution is 2.35. The van der Waals surface area contributed by atoms with Gasteiger partial charge in [-0.3, -0.25) is 0 Å². The summed E-state index contributed by atoms with van der Waals surface area (Å²) in [6.45, 7) is 5.01. The SMILES string of the molecule is Cc1c(N=O)cc(O)c(C(C)C)c1F. The monoisotopic (exact) mass is 197 g/mol. The summed E-state index contributed by atoms with van der Waals surface area (Å²) in [6.07, 6.45) is 0. The van der Waals surface area contributed by atoms with E-state index in [9.17, 15) is 14.4 Å². The number of hydrogen-bond acceptors (Lipinski definition) is 3. The number of aromatic hydroxyl groups is 1. The van der Waals surface area contributed by atoms with Crippen molar-refractivity contribution in [2.75, 3.05) is 0 Å². The maximum atomic E-state index is 13.6. The van der Waals surface area contributed by atoms with E-state index >= 15 is 0 Å². The van der Waals surface area contributed by atoms with E-state index in [0.717, 1.165) is 0 Å². The molecule has 1 aromatic rings. The quantitative estimate of drug-likeness (QED) is 0.739. The molecular weight excluding hydrogens is 185 g/mol. The van der Waals surface area contributed by atoms with Crippen molar-refractivity contribution in [2.24, 2.45) is 5.18 Å². The summed E-state index contributed by atoms with van der Waals surface area (Å²) < 4.78 is 13.6. The first-order valence-corrected chi connectivity index (χ1v) is 4.34. The molecule has 0 aliphatic rings. The highest BCUT2D eigenvalue weighted by atomic mass is 19.1. The van der Waals surface area contributed by atoms with Crippen LogP contribution in [0.1, 0.15) is 30.9 Å². The largest absolute Gasteiger partial charge is 0.507 e. The number of rotatable bonds is 2. The standard InChI is InChI=1S/C10H12FNO2/c1-5(2)9-8(13)4-7(12-14)6(3)10(9)11/h4-5,13H,1-3H3. The van der Waals surface area contributed by atoms with Gasteiger partial charge in [-0.25, -0.2) is 4.39 Å². The van der Waals surface area contributed by atoms with Crippen LogP contribution in [0.15, 0.2) is 11.2 Å². The molecule has 0 aromatic heterocycles. The van der Waals surface area contributed by atoms with Crippen molar-refractivity contribution in [2.45, 2.75) is 26.7 Å². The Bertz CT molecular complexity index is 375. The van der Waals surface area contributed by atoms with Gasteiger partial charge < -0.3 is 5.11 Å². The lowest BCUT2D eigenvalue weighted by Crippen LogP contribution is -1.96. The summed E-state index contributed by atoms with van der Waals surface area (Å²) in [6, 6.07) is 1.20. The summed E-state index contributed by atoms with van der Waals surface area (Å²) in [5.41, 5.74) is 0.362. The Balaban J connectivity index is 3.48. The molecule has 0 fully saturated rings. The molecule has 0 atom stereocenters. The summed E-state index contributed by atoms with van der Waals surface area (Å²) in [5, 5.41) is 12.1. The smallest absolute Gasteiger partial charge is 0.135 e. The number of phenols is 1. The zero-order chi connectivity index (χ0) is 10.9. The van der Waals surface area contributed by atoms with Gasteiger partial charge in [-0.05, 0) is 18.0 Å². The molecule has 0 aliphatic carbocycles. The fraction of sp³-hybridized carbons (Fsp3) is 0.400. The Labute approximate surface area is 81.5 Å². The minimum Gasteiger partial charge on any atom is -0.507 e. The van der Waals surface area contributed by atoms with Gasteiger partial charge in [-0.15, -0.1) is 4.91 Å². The average molecular weight is 197 g/mol. The van der Waals surface area contributed by atoms with E-state index in [-0.39, 0.29) is 28.5 Å². The van der Waals surface area contributed by atoms with Gasteiger partial charge in [0, 0.05) is 17.2 Å². The van der Waals surface area contributed by atoms with Crippen LogP contribution < -0.4 is 0 Å². The zero-order valence-corrected chi connectivity index (χ0v) is 8.34. The fourth-order valence-electron chi connectivity index (χ4n) is 1.39. The van der Waals surface area contributed by atoms with E-state index in [1.54, 1.807) is 13.8 Å². The zero-order valence-electron chi connectivity index (χ0n) is 8.34. The Morgan fingerprint density at radius 3 is 2.50 bits per heavy atom. The first kappa shape index (κ1) is 10.6. The Morgan fingerprint density at radius 1 is 1.50 bits per heavy atom. The Kier molecular flexibility index (Phi) is 2.84. The predicted octanol–water partition coefficient (Wildman–Crippen LogP) is 3.36. The van der Waals surface area contributed by atoms with Crippen LogP contribution in [0.5, 0.6) is 5.75 Å². The molecule has 0 saturated carbocycles. The molecule has 0 unspecified atom stereocenters. The minimum absolute atomic E-state index is 0.0515. The molecule has 0 bridgehead atoms. The molecule has 1 N–H and O–H groups in total. The van der Waals surface area contributed by atoms with Gasteiger partial charge in [-0.2, -0.15) is 0 Å². The van der Waals surface area contributed by atoms with Gasteiger partial charge >= 0.3 is 0 Å². The lowest BCUT2D eigenvalue weighted by Gasteiger charge is -2.12. The molecule has 0 heterocycles. The molecule has 3 nitrogen and oxygen atoms in total. The van der Waals surface area contributed by atoms with Crippen molar-refractivity contribution in [3.8, 4) is 5.75 Å². The Morgan fingerprint density at radius 2 is 2.07 bits per heavy atom. The lowest BCUT2D eigenvalue weighted by atomic mass is 9.98. The van der Waals surface area contributed by atoms with Gasteiger partial charge in [0.05, 0.1) is 0 Å². The van der Waals surface area contributed by atoms with Crippen LogP contribution in [0, 0.1) is 17.6 Å². The van der Waals surface area contributed by atoms with E-state index in [1.165, 1.54) is 13.0 Å². The van der Waals surface area contributed by atoms with Crippen LogP contribution in [0.25, 0.3) is 0 Å². The number of hydrogen-bond donors (Lipinski definition) is 1. The first-order valence-electron chi connectivity index (χ1n) is 4.34. The number of phenolic OH excluding ortho intramolecular Hbond substituents is 1. The Hall–Kier alpha value is -1.45. The normalized spacial score (nSPS) is 10.6. The van der Waals surface area contributed by atoms with Gasteiger partial charge in [0.15, 0.2) is 0 Å². The number of nitroso groups, excluding NO2 is 1. The average Bonchev–Trinajstić information content (AvgIpc) is 2.10. The molecule has 76 valence electrons. The van der Waals surface area contributed by atoms with Crippen LogP contribution in [-0.2, 0) is 0 Å². The van der Waals surface area contributed by atoms with Crippen LogP contribution in [0.4, 0.5) is 10.1 Å². The molecule has 0 spiro atoms. The van der Waals surface area contributed by atoms with Crippen LogP contribution in [0.3, 0.4) is 0 Å². The summed E-state index contributed by atoms with van der Waals surface area (Å²) in [5.74, 6) is -0.887. The summed E-state index contributed by atoms with van der Waals surface area (Å²) >= 11 is 0. The summed E-state index contributed by atoms with van der Waals surface area (Å²) in [7, 11) is 0. The molecule has 4 heteroatoms. The topological polar surface area (TPSA) is 49.7 Å². The lowest BCUT2D eigenvalue weighted by molar-refractivity contribution is 0.453. The van der Waals surface area contributed by atoms with Gasteiger partial charge in [0.2, 0.25) is 0 Å². The molecule has 14 heavy (non-hydrogen) atoms. The predicted molar refractivity (Wildman–Crippen MR) is 52.3 cm³/mol. The van der Waals surface area contributed by atoms with Gasteiger partial charge in [0.25, 0.3) is 0 Å². The van der Waals surface area contributed by atoms with Gasteiger partial charge in [0.1, 0.15) is 17.3 Å². The van der Waals surface area contributed by atoms with E-state index in [2.05, 4.69) is 5.18 Å². The van der Waals surface area contributed by atoms with Crippen LogP contribution in [-0.4, -0.2) is 5.11 Å². The van der Waals surface area contributed by atoms with E-state index < -0.39 is 5.82 Å². The fourth-order valence-corrected chi connectivity index (χ4v) is 1.39. The van der Waals surface area contributed by atoms with Crippen molar-refractivity contribution in [1.82, 2.24) is 0 Å². The third kappa shape index (κ3) is 1.60. The third-order valence-electron chi connectivity index (χ3n) is 2.18. The third-order valence-corrected chi connectivity index (χ3v) is 2.18. The van der Waals surface area contributed by atoms with Crippen molar-refractivity contribution >= 4 is 5.69 Å². The van der Waals surface area contributed by atoms with Crippen LogP contribution >= 0.6 is 0 Å². The molecule has 1 rings (SSSR count). The van der Waals surface area contributed by atoms with E-state index in [0.29, 0.717) is 0 Å². The van der Waals surface area contributed by atoms with Crippen molar-refractivity contribution < 1.29 is 9.50 Å². The maximum absolute atomic E-state index is 13.6. The minimum atomic E-state index is -0.547. The second-order valence-electron chi connectivity index (χ2n) is 3.51. The number of halogens is 1. The molecule has 0 saturated heterocycles. The second-order valence-corrected chi connectivity index (χ2v) is 3.51. The number of nitrogens with zero attached hydrogens (tertiary/aromatic N) is 1. The molecule has 0 radical (unpaired) electrons. The highest BCUT2D eigenvalue weighted by molar-refractivity contribution is 5.55. The van der Waals surface area contributed by atoms with Crippen molar-refractivity contribution in [1.29, 1.82) is 0 Å². The first-order chi connectivity index (χ1) is 6.49. The second kappa shape index (κ2) is 3.74. The molecular formula is C10H12FNO2. The summed E-state index contributed by atoms with van der Waals surface area (Å²) in [4.78, 5) is 10.3. The van der Waals surface area contributed by atoms with Gasteiger partial charge in [-0.1, -0.05) is 13.8 Å². The van der Waals surface area contributed by atoms with Crippen molar-refractivity contribution in [3.63, 3.8) is 0 Å². The number of benzene rings is 1. The van der Waals surface area contributed by atoms with Crippen LogP contribution in [0.2, 0.25) is 0 Å².